The molecule has 0 bridgehead atoms. The van der Waals surface area contributed by atoms with Gasteiger partial charge in [0.1, 0.15) is 5.82 Å². The number of anilines is 2. The minimum atomic E-state index is 0.443. The molecular formula is C21H36N6S. The summed E-state index contributed by atoms with van der Waals surface area (Å²) in [6.45, 7) is 5.27. The lowest BCUT2D eigenvalue weighted by Gasteiger charge is -2.29. The number of thioether (sulfide) groups is 1. The lowest BCUT2D eigenvalue weighted by Crippen LogP contribution is -2.41. The summed E-state index contributed by atoms with van der Waals surface area (Å²) >= 11 is 1.91. The highest BCUT2D eigenvalue weighted by molar-refractivity contribution is 7.98. The van der Waals surface area contributed by atoms with E-state index in [2.05, 4.69) is 27.1 Å². The van der Waals surface area contributed by atoms with E-state index in [4.69, 9.17) is 9.97 Å². The first-order valence-corrected chi connectivity index (χ1v) is 12.6. The third-order valence-corrected chi connectivity index (χ3v) is 6.97. The van der Waals surface area contributed by atoms with E-state index in [-0.39, 0.29) is 0 Å². The van der Waals surface area contributed by atoms with Gasteiger partial charge >= 0.3 is 0 Å². The number of nitrogens with one attached hydrogen (secondary N) is 3. The van der Waals surface area contributed by atoms with Crippen LogP contribution in [-0.2, 0) is 13.0 Å². The maximum Gasteiger partial charge on any atom is 0.225 e. The van der Waals surface area contributed by atoms with Crippen molar-refractivity contribution in [2.45, 2.75) is 70.0 Å². The second-order valence-electron chi connectivity index (χ2n) is 8.36. The summed E-state index contributed by atoms with van der Waals surface area (Å²) in [5, 5.41) is 11.0. The van der Waals surface area contributed by atoms with Crippen molar-refractivity contribution < 1.29 is 0 Å². The number of nitrogens with zero attached hydrogens (tertiary/aromatic N) is 3. The first-order chi connectivity index (χ1) is 13.8. The molecule has 0 aromatic carbocycles. The molecule has 28 heavy (non-hydrogen) atoms. The van der Waals surface area contributed by atoms with Gasteiger partial charge in [-0.1, -0.05) is 12.8 Å². The molecule has 0 spiro atoms. The first-order valence-electron chi connectivity index (χ1n) is 11.2. The Balaban J connectivity index is 1.52. The lowest BCUT2D eigenvalue weighted by molar-refractivity contribution is 0.508. The van der Waals surface area contributed by atoms with Crippen molar-refractivity contribution in [1.82, 2.24) is 20.6 Å². The molecule has 7 heteroatoms. The van der Waals surface area contributed by atoms with Gasteiger partial charge in [0.15, 0.2) is 0 Å². The summed E-state index contributed by atoms with van der Waals surface area (Å²) in [4.78, 5) is 12.6. The average molecular weight is 405 g/mol. The fourth-order valence-corrected chi connectivity index (χ4v) is 5.15. The molecule has 3 N–H and O–H groups in total. The summed E-state index contributed by atoms with van der Waals surface area (Å²) in [6.07, 6.45) is 12.2. The van der Waals surface area contributed by atoms with Crippen LogP contribution in [0.15, 0.2) is 0 Å². The Morgan fingerprint density at radius 3 is 2.71 bits per heavy atom. The van der Waals surface area contributed by atoms with Crippen molar-refractivity contribution in [3.05, 3.63) is 11.3 Å². The van der Waals surface area contributed by atoms with Crippen molar-refractivity contribution in [2.75, 3.05) is 48.4 Å². The van der Waals surface area contributed by atoms with Crippen LogP contribution in [0, 0.1) is 0 Å². The Hall–Kier alpha value is -1.05. The number of rotatable bonds is 7. The second-order valence-corrected chi connectivity index (χ2v) is 9.34. The van der Waals surface area contributed by atoms with Gasteiger partial charge in [-0.2, -0.15) is 16.7 Å². The summed E-state index contributed by atoms with van der Waals surface area (Å²) in [5.41, 5.74) is 2.58. The average Bonchev–Trinajstić information content (AvgIpc) is 2.98. The van der Waals surface area contributed by atoms with E-state index >= 15 is 0 Å². The van der Waals surface area contributed by atoms with E-state index in [0.29, 0.717) is 12.1 Å². The van der Waals surface area contributed by atoms with E-state index in [1.807, 2.05) is 11.8 Å². The highest BCUT2D eigenvalue weighted by atomic mass is 32.2. The Morgan fingerprint density at radius 2 is 1.89 bits per heavy atom. The van der Waals surface area contributed by atoms with E-state index in [1.165, 1.54) is 67.8 Å². The molecule has 1 aliphatic carbocycles. The molecule has 2 fully saturated rings. The van der Waals surface area contributed by atoms with Crippen LogP contribution in [0.4, 0.5) is 11.8 Å². The zero-order valence-electron chi connectivity index (χ0n) is 17.3. The van der Waals surface area contributed by atoms with Crippen LogP contribution in [0.5, 0.6) is 0 Å². The van der Waals surface area contributed by atoms with Gasteiger partial charge in [0.25, 0.3) is 0 Å². The van der Waals surface area contributed by atoms with E-state index < -0.39 is 0 Å². The van der Waals surface area contributed by atoms with Crippen LogP contribution in [0.3, 0.4) is 0 Å². The molecule has 1 saturated carbocycles. The smallest absolute Gasteiger partial charge is 0.225 e. The number of hydrogen-bond acceptors (Lipinski definition) is 7. The molecule has 4 rings (SSSR count). The molecule has 1 aromatic heterocycles. The Labute approximate surface area is 174 Å². The summed E-state index contributed by atoms with van der Waals surface area (Å²) in [6, 6.07) is 0.980. The highest BCUT2D eigenvalue weighted by Crippen LogP contribution is 2.29. The topological polar surface area (TPSA) is 65.1 Å². The van der Waals surface area contributed by atoms with Gasteiger partial charge in [-0.15, -0.1) is 0 Å². The van der Waals surface area contributed by atoms with E-state index in [0.717, 1.165) is 45.1 Å². The maximum atomic E-state index is 5.08. The fraction of sp³-hybridized carbons (Fsp3) is 0.810. The van der Waals surface area contributed by atoms with Crippen molar-refractivity contribution in [3.8, 4) is 0 Å². The standard InChI is InChI=1S/C21H36N6S/c1-28-14-11-23-18-7-6-8-19(18)25-21-24-17-9-10-22-15-16(17)20(26-21)27-12-4-2-3-5-13-27/h18-19,22-23H,2-15H2,1H3,(H,24,25,26). The van der Waals surface area contributed by atoms with Gasteiger partial charge in [-0.25, -0.2) is 4.98 Å². The van der Waals surface area contributed by atoms with Gasteiger partial charge in [0.2, 0.25) is 5.95 Å². The normalized spacial score (nSPS) is 25.4. The van der Waals surface area contributed by atoms with Crippen LogP contribution in [0.2, 0.25) is 0 Å². The van der Waals surface area contributed by atoms with E-state index in [1.54, 1.807) is 0 Å². The fourth-order valence-electron chi connectivity index (χ4n) is 4.82. The van der Waals surface area contributed by atoms with Crippen molar-refractivity contribution in [3.63, 3.8) is 0 Å². The molecule has 2 unspecified atom stereocenters. The largest absolute Gasteiger partial charge is 0.356 e. The summed E-state index contributed by atoms with van der Waals surface area (Å²) in [5.74, 6) is 3.21. The minimum Gasteiger partial charge on any atom is -0.356 e. The molecule has 3 aliphatic rings. The molecule has 1 saturated heterocycles. The molecule has 2 atom stereocenters. The summed E-state index contributed by atoms with van der Waals surface area (Å²) < 4.78 is 0. The van der Waals surface area contributed by atoms with Crippen molar-refractivity contribution >= 4 is 23.5 Å². The van der Waals surface area contributed by atoms with Crippen LogP contribution >= 0.6 is 11.8 Å². The summed E-state index contributed by atoms with van der Waals surface area (Å²) in [7, 11) is 0. The lowest BCUT2D eigenvalue weighted by atomic mass is 10.1. The first kappa shape index (κ1) is 20.2. The van der Waals surface area contributed by atoms with Gasteiger partial charge in [-0.3, -0.25) is 0 Å². The molecule has 2 aliphatic heterocycles. The maximum absolute atomic E-state index is 5.08. The second kappa shape index (κ2) is 10.1. The Morgan fingerprint density at radius 1 is 1.07 bits per heavy atom. The van der Waals surface area contributed by atoms with Crippen molar-refractivity contribution in [1.29, 1.82) is 0 Å². The van der Waals surface area contributed by atoms with Crippen LogP contribution in [0.25, 0.3) is 0 Å². The van der Waals surface area contributed by atoms with Crippen LogP contribution < -0.4 is 20.9 Å². The third-order valence-electron chi connectivity index (χ3n) is 6.36. The molecule has 1 aromatic rings. The quantitative estimate of drug-likeness (QED) is 0.604. The van der Waals surface area contributed by atoms with Gasteiger partial charge in [0, 0.05) is 62.5 Å². The monoisotopic (exact) mass is 404 g/mol. The Bertz CT molecular complexity index is 632. The van der Waals surface area contributed by atoms with Gasteiger partial charge < -0.3 is 20.9 Å². The Kier molecular flexibility index (Phi) is 7.31. The predicted molar refractivity (Wildman–Crippen MR) is 120 cm³/mol. The van der Waals surface area contributed by atoms with Gasteiger partial charge in [0.05, 0.1) is 5.69 Å². The molecule has 6 nitrogen and oxygen atoms in total. The highest BCUT2D eigenvalue weighted by Gasteiger charge is 2.29. The zero-order valence-corrected chi connectivity index (χ0v) is 18.1. The number of fused-ring (bicyclic) bond motifs is 1. The van der Waals surface area contributed by atoms with E-state index in [9.17, 15) is 0 Å². The molecule has 0 amide bonds. The number of aromatic nitrogens is 2. The van der Waals surface area contributed by atoms with Crippen LogP contribution in [0.1, 0.15) is 56.2 Å². The molecule has 156 valence electrons. The zero-order chi connectivity index (χ0) is 19.2. The SMILES string of the molecule is CSCCNC1CCCC1Nc1nc2c(c(N3CCCCCC3)n1)CNCC2. The minimum absolute atomic E-state index is 0.443. The van der Waals surface area contributed by atoms with Crippen molar-refractivity contribution in [2.24, 2.45) is 0 Å². The molecular weight excluding hydrogens is 368 g/mol. The third kappa shape index (κ3) is 4.92. The van der Waals surface area contributed by atoms with Crippen LogP contribution in [-0.4, -0.2) is 60.2 Å². The predicted octanol–water partition coefficient (Wildman–Crippen LogP) is 2.79. The molecule has 0 radical (unpaired) electrons. The molecule has 3 heterocycles. The number of hydrogen-bond donors (Lipinski definition) is 3. The van der Waals surface area contributed by atoms with Gasteiger partial charge in [-0.05, 0) is 38.4 Å².